The Kier molecular flexibility index (Phi) is 2.82. The molecule has 0 aliphatic carbocycles. The van der Waals surface area contributed by atoms with Gasteiger partial charge in [-0.15, -0.1) is 11.8 Å². The number of nitrogens with one attached hydrogen (secondary N) is 1. The van der Waals surface area contributed by atoms with E-state index < -0.39 is 0 Å². The van der Waals surface area contributed by atoms with Crippen molar-refractivity contribution in [2.75, 3.05) is 5.75 Å². The molecule has 2 aromatic rings. The SMILES string of the molecule is CCSc1[nH]c2ccccc2c1CC. The second kappa shape index (κ2) is 4.09. The van der Waals surface area contributed by atoms with Gasteiger partial charge in [-0.25, -0.2) is 0 Å². The first-order valence-corrected chi connectivity index (χ1v) is 6.07. The lowest BCUT2D eigenvalue weighted by Gasteiger charge is -1.98. The lowest BCUT2D eigenvalue weighted by Crippen LogP contribution is -1.81. The van der Waals surface area contributed by atoms with Gasteiger partial charge >= 0.3 is 0 Å². The Labute approximate surface area is 88.9 Å². The van der Waals surface area contributed by atoms with E-state index in [0.29, 0.717) is 0 Å². The van der Waals surface area contributed by atoms with Gasteiger partial charge in [0.25, 0.3) is 0 Å². The minimum absolute atomic E-state index is 1.10. The third-order valence-electron chi connectivity index (χ3n) is 2.42. The highest BCUT2D eigenvalue weighted by Crippen LogP contribution is 2.29. The fourth-order valence-electron chi connectivity index (χ4n) is 1.79. The van der Waals surface area contributed by atoms with Gasteiger partial charge in [0.05, 0.1) is 5.03 Å². The largest absolute Gasteiger partial charge is 0.349 e. The van der Waals surface area contributed by atoms with E-state index in [0.717, 1.165) is 12.2 Å². The molecule has 0 atom stereocenters. The molecule has 0 fully saturated rings. The van der Waals surface area contributed by atoms with Crippen molar-refractivity contribution >= 4 is 22.7 Å². The standard InChI is InChI=1S/C12H15NS/c1-3-9-10-7-5-6-8-11(10)13-12(9)14-4-2/h5-8,13H,3-4H2,1-2H3. The van der Waals surface area contributed by atoms with Crippen LogP contribution in [0.4, 0.5) is 0 Å². The summed E-state index contributed by atoms with van der Waals surface area (Å²) < 4.78 is 0. The molecule has 0 radical (unpaired) electrons. The van der Waals surface area contributed by atoms with Gasteiger partial charge in [0, 0.05) is 10.9 Å². The van der Waals surface area contributed by atoms with Gasteiger partial charge < -0.3 is 4.98 Å². The lowest BCUT2D eigenvalue weighted by atomic mass is 10.1. The fraction of sp³-hybridized carbons (Fsp3) is 0.333. The summed E-state index contributed by atoms with van der Waals surface area (Å²) in [6.07, 6.45) is 1.10. The van der Waals surface area contributed by atoms with Crippen LogP contribution in [0, 0.1) is 0 Å². The van der Waals surface area contributed by atoms with Crippen LogP contribution in [0.1, 0.15) is 19.4 Å². The van der Waals surface area contributed by atoms with Crippen LogP contribution in [-0.2, 0) is 6.42 Å². The van der Waals surface area contributed by atoms with Crippen molar-refractivity contribution in [1.82, 2.24) is 4.98 Å². The average molecular weight is 205 g/mol. The zero-order valence-electron chi connectivity index (χ0n) is 8.63. The molecule has 1 heterocycles. The number of hydrogen-bond acceptors (Lipinski definition) is 1. The van der Waals surface area contributed by atoms with Crippen LogP contribution in [0.25, 0.3) is 10.9 Å². The van der Waals surface area contributed by atoms with Crippen LogP contribution in [0.15, 0.2) is 29.3 Å². The van der Waals surface area contributed by atoms with Gasteiger partial charge in [-0.05, 0) is 23.8 Å². The number of hydrogen-bond donors (Lipinski definition) is 1. The number of aromatic nitrogens is 1. The van der Waals surface area contributed by atoms with Gasteiger partial charge in [-0.2, -0.15) is 0 Å². The average Bonchev–Trinajstić information content (AvgIpc) is 2.55. The maximum absolute atomic E-state index is 3.48. The first kappa shape index (κ1) is 9.66. The van der Waals surface area contributed by atoms with E-state index in [4.69, 9.17) is 0 Å². The molecule has 0 aliphatic rings. The monoisotopic (exact) mass is 205 g/mol. The Balaban J connectivity index is 2.60. The van der Waals surface area contributed by atoms with Crippen LogP contribution in [-0.4, -0.2) is 10.7 Å². The van der Waals surface area contributed by atoms with Crippen LogP contribution in [0.5, 0.6) is 0 Å². The number of para-hydroxylation sites is 1. The highest BCUT2D eigenvalue weighted by atomic mass is 32.2. The number of H-pyrrole nitrogens is 1. The summed E-state index contributed by atoms with van der Waals surface area (Å²) in [6, 6.07) is 8.53. The van der Waals surface area contributed by atoms with Crippen molar-refractivity contribution in [3.63, 3.8) is 0 Å². The van der Waals surface area contributed by atoms with Crippen molar-refractivity contribution in [2.45, 2.75) is 25.3 Å². The number of benzene rings is 1. The van der Waals surface area contributed by atoms with Crippen molar-refractivity contribution < 1.29 is 0 Å². The van der Waals surface area contributed by atoms with Crippen molar-refractivity contribution in [2.24, 2.45) is 0 Å². The minimum Gasteiger partial charge on any atom is -0.349 e. The lowest BCUT2D eigenvalue weighted by molar-refractivity contribution is 1.06. The molecular weight excluding hydrogens is 190 g/mol. The van der Waals surface area contributed by atoms with Gasteiger partial charge in [0.2, 0.25) is 0 Å². The topological polar surface area (TPSA) is 15.8 Å². The zero-order chi connectivity index (χ0) is 9.97. The highest BCUT2D eigenvalue weighted by Gasteiger charge is 2.08. The Hall–Kier alpha value is -0.890. The molecule has 0 saturated carbocycles. The molecule has 1 nitrogen and oxygen atoms in total. The van der Waals surface area contributed by atoms with E-state index in [9.17, 15) is 0 Å². The zero-order valence-corrected chi connectivity index (χ0v) is 9.45. The van der Waals surface area contributed by atoms with E-state index in [1.54, 1.807) is 0 Å². The number of aryl methyl sites for hydroxylation is 1. The number of fused-ring (bicyclic) bond motifs is 1. The van der Waals surface area contributed by atoms with Crippen LogP contribution < -0.4 is 0 Å². The van der Waals surface area contributed by atoms with Gasteiger partial charge in [-0.1, -0.05) is 32.0 Å². The van der Waals surface area contributed by atoms with Crippen LogP contribution in [0.2, 0.25) is 0 Å². The Morgan fingerprint density at radius 2 is 2.00 bits per heavy atom. The summed E-state index contributed by atoms with van der Waals surface area (Å²) in [4.78, 5) is 3.48. The van der Waals surface area contributed by atoms with Gasteiger partial charge in [-0.3, -0.25) is 0 Å². The molecule has 0 spiro atoms. The van der Waals surface area contributed by atoms with E-state index in [-0.39, 0.29) is 0 Å². The first-order chi connectivity index (χ1) is 6.86. The summed E-state index contributed by atoms with van der Waals surface area (Å²) in [5.74, 6) is 1.12. The van der Waals surface area contributed by atoms with Crippen molar-refractivity contribution in [1.29, 1.82) is 0 Å². The minimum atomic E-state index is 1.10. The Morgan fingerprint density at radius 3 is 2.71 bits per heavy atom. The molecule has 1 aromatic heterocycles. The predicted octanol–water partition coefficient (Wildman–Crippen LogP) is 3.84. The number of rotatable bonds is 3. The molecule has 0 bridgehead atoms. The molecule has 0 amide bonds. The van der Waals surface area contributed by atoms with Gasteiger partial charge in [0.15, 0.2) is 0 Å². The Bertz CT molecular complexity index is 431. The van der Waals surface area contributed by atoms with E-state index in [1.165, 1.54) is 21.5 Å². The second-order valence-electron chi connectivity index (χ2n) is 3.26. The molecule has 0 unspecified atom stereocenters. The van der Waals surface area contributed by atoms with Gasteiger partial charge in [0.1, 0.15) is 0 Å². The second-order valence-corrected chi connectivity index (χ2v) is 4.54. The Morgan fingerprint density at radius 1 is 1.21 bits per heavy atom. The van der Waals surface area contributed by atoms with E-state index in [1.807, 2.05) is 11.8 Å². The number of thioether (sulfide) groups is 1. The fourth-order valence-corrected chi connectivity index (χ4v) is 2.69. The first-order valence-electron chi connectivity index (χ1n) is 5.09. The predicted molar refractivity (Wildman–Crippen MR) is 64.1 cm³/mol. The summed E-state index contributed by atoms with van der Waals surface area (Å²) >= 11 is 1.90. The normalized spacial score (nSPS) is 11.0. The van der Waals surface area contributed by atoms with Crippen LogP contribution >= 0.6 is 11.8 Å². The third kappa shape index (κ3) is 1.55. The maximum Gasteiger partial charge on any atom is 0.0764 e. The smallest absolute Gasteiger partial charge is 0.0764 e. The summed E-state index contributed by atoms with van der Waals surface area (Å²) in [7, 11) is 0. The number of aromatic amines is 1. The molecular formula is C12H15NS. The summed E-state index contributed by atoms with van der Waals surface area (Å²) in [6.45, 7) is 4.41. The highest BCUT2D eigenvalue weighted by molar-refractivity contribution is 7.99. The quantitative estimate of drug-likeness (QED) is 0.753. The molecule has 2 heteroatoms. The summed E-state index contributed by atoms with van der Waals surface area (Å²) in [5.41, 5.74) is 2.73. The molecule has 1 aromatic carbocycles. The van der Waals surface area contributed by atoms with Crippen molar-refractivity contribution in [3.05, 3.63) is 29.8 Å². The molecule has 1 N–H and O–H groups in total. The van der Waals surface area contributed by atoms with Crippen molar-refractivity contribution in [3.8, 4) is 0 Å². The summed E-state index contributed by atoms with van der Waals surface area (Å²) in [5, 5.41) is 2.72. The van der Waals surface area contributed by atoms with E-state index >= 15 is 0 Å². The van der Waals surface area contributed by atoms with E-state index in [2.05, 4.69) is 43.1 Å². The third-order valence-corrected chi connectivity index (χ3v) is 3.34. The maximum atomic E-state index is 3.48. The molecule has 2 rings (SSSR count). The molecule has 14 heavy (non-hydrogen) atoms. The molecule has 0 aliphatic heterocycles. The molecule has 74 valence electrons. The molecule has 0 saturated heterocycles. The van der Waals surface area contributed by atoms with Crippen LogP contribution in [0.3, 0.4) is 0 Å².